The molecule has 0 radical (unpaired) electrons. The summed E-state index contributed by atoms with van der Waals surface area (Å²) in [5, 5.41) is 49.8. The number of ketones is 3. The van der Waals surface area contributed by atoms with Crippen LogP contribution in [0.25, 0.3) is 0 Å². The summed E-state index contributed by atoms with van der Waals surface area (Å²) >= 11 is 0. The third kappa shape index (κ3) is 11.3. The highest BCUT2D eigenvalue weighted by atomic mass is 19.4. The van der Waals surface area contributed by atoms with Crippen LogP contribution in [0.1, 0.15) is 89.3 Å². The van der Waals surface area contributed by atoms with Crippen molar-refractivity contribution in [1.29, 1.82) is 0 Å². The van der Waals surface area contributed by atoms with Gasteiger partial charge in [-0.15, -0.1) is 0 Å². The number of morpholine rings is 1. The minimum atomic E-state index is -5.05. The number of fused-ring (bicyclic) bond motifs is 14. The molecule has 0 aromatic heterocycles. The topological polar surface area (TPSA) is 264 Å². The zero-order chi connectivity index (χ0) is 55.6. The molecule has 7 N–H and O–H groups in total. The van der Waals surface area contributed by atoms with Crippen LogP contribution >= 0.6 is 0 Å². The molecule has 8 rings (SSSR count). The Labute approximate surface area is 435 Å². The van der Waals surface area contributed by atoms with E-state index in [0.29, 0.717) is 11.8 Å². The predicted octanol–water partition coefficient (Wildman–Crippen LogP) is 7.05. The number of amidine groups is 1. The largest absolute Gasteiger partial charge is 0.507 e. The summed E-state index contributed by atoms with van der Waals surface area (Å²) in [4.78, 5) is 77.5. The Hall–Kier alpha value is -7.37. The van der Waals surface area contributed by atoms with E-state index in [2.05, 4.69) is 15.6 Å². The van der Waals surface area contributed by atoms with Crippen molar-refractivity contribution in [3.63, 3.8) is 0 Å². The number of benzene rings is 3. The number of hydroxylamine groups is 1. The van der Waals surface area contributed by atoms with E-state index in [1.54, 1.807) is 62.1 Å². The van der Waals surface area contributed by atoms with Gasteiger partial charge in [-0.05, 0) is 50.3 Å². The number of allylic oxidation sites excluding steroid dienone is 4. The lowest BCUT2D eigenvalue weighted by Gasteiger charge is -2.38. The Bertz CT molecular complexity index is 2930. The van der Waals surface area contributed by atoms with Gasteiger partial charge in [0.2, 0.25) is 11.6 Å². The fourth-order valence-electron chi connectivity index (χ4n) is 9.66. The summed E-state index contributed by atoms with van der Waals surface area (Å²) in [5.41, 5.74) is -2.18. The molecule has 3 aromatic carbocycles. The first-order valence-electron chi connectivity index (χ1n) is 24.4. The molecule has 19 nitrogen and oxygen atoms in total. The van der Waals surface area contributed by atoms with Crippen LogP contribution in [0.4, 0.5) is 29.3 Å². The number of nitrogens with zero attached hydrogens (tertiary/aromatic N) is 2. The maximum atomic E-state index is 14.8. The molecule has 406 valence electrons. The monoisotopic (exact) mass is 1060 g/mol. The number of amides is 2. The number of halogens is 3. The lowest BCUT2D eigenvalue weighted by Crippen LogP contribution is -2.47. The molecule has 76 heavy (non-hydrogen) atoms. The fraction of sp³-hybridized carbons (Fsp3) is 0.407. The molecule has 5 aliphatic rings. The van der Waals surface area contributed by atoms with Crippen LogP contribution in [0.5, 0.6) is 11.5 Å². The first-order valence-corrected chi connectivity index (χ1v) is 24.4. The number of carbonyl (C=O) groups excluding carboxylic acids is 5. The highest BCUT2D eigenvalue weighted by molar-refractivity contribution is 6.32. The second-order valence-electron chi connectivity index (χ2n) is 19.2. The van der Waals surface area contributed by atoms with Crippen molar-refractivity contribution in [2.75, 3.05) is 38.7 Å². The average Bonchev–Trinajstić information content (AvgIpc) is 3.67. The Balaban J connectivity index is 1.27. The summed E-state index contributed by atoms with van der Waals surface area (Å²) in [5.74, 6) is -10.8. The molecule has 1 fully saturated rings. The molecular weight excluding hydrogens is 1000 g/mol. The van der Waals surface area contributed by atoms with Crippen LogP contribution < -0.4 is 20.9 Å². The summed E-state index contributed by atoms with van der Waals surface area (Å²) in [6.07, 6.45) is -4.95. The van der Waals surface area contributed by atoms with E-state index in [1.165, 1.54) is 59.1 Å². The second-order valence-corrected chi connectivity index (χ2v) is 19.2. The lowest BCUT2D eigenvalue weighted by atomic mass is 9.78. The third-order valence-electron chi connectivity index (χ3n) is 14.1. The summed E-state index contributed by atoms with van der Waals surface area (Å²) < 4.78 is 73.4. The number of rotatable bonds is 6. The first-order chi connectivity index (χ1) is 35.9. The van der Waals surface area contributed by atoms with Gasteiger partial charge in [0.15, 0.2) is 5.84 Å². The normalized spacial score (nSPS) is 28.4. The van der Waals surface area contributed by atoms with E-state index in [4.69, 9.17) is 23.7 Å². The van der Waals surface area contributed by atoms with Crippen molar-refractivity contribution in [3.8, 4) is 11.5 Å². The quantitative estimate of drug-likeness (QED) is 0.0741. The molecule has 0 spiro atoms. The Morgan fingerprint density at radius 2 is 1.59 bits per heavy atom. The van der Waals surface area contributed by atoms with Crippen LogP contribution in [-0.4, -0.2) is 124 Å². The highest BCUT2D eigenvalue weighted by Gasteiger charge is 2.53. The molecule has 1 aliphatic carbocycles. The minimum absolute atomic E-state index is 0.0509. The summed E-state index contributed by atoms with van der Waals surface area (Å²) in [6, 6.07) is 10.9. The van der Waals surface area contributed by atoms with Crippen LogP contribution in [-0.2, 0) is 29.9 Å². The van der Waals surface area contributed by atoms with Crippen LogP contribution in [0, 0.1) is 30.6 Å². The number of carbonyl (C=O) groups is 5. The van der Waals surface area contributed by atoms with E-state index in [0.717, 1.165) is 12.3 Å². The average molecular weight is 1060 g/mol. The molecule has 0 unspecified atom stereocenters. The van der Waals surface area contributed by atoms with Gasteiger partial charge >= 0.3 is 18.1 Å². The number of phenolic OH excluding ortho intramolecular Hbond substituents is 1. The van der Waals surface area contributed by atoms with Crippen molar-refractivity contribution >= 4 is 46.6 Å². The van der Waals surface area contributed by atoms with E-state index in [1.807, 2.05) is 5.48 Å². The number of ether oxygens (including phenoxy) is 5. The van der Waals surface area contributed by atoms with Gasteiger partial charge in [0.25, 0.3) is 11.7 Å². The molecule has 2 amide bonds. The van der Waals surface area contributed by atoms with E-state index in [-0.39, 0.29) is 65.8 Å². The molecule has 0 saturated carbocycles. The number of aromatic hydroxyl groups is 1. The number of aliphatic hydroxyl groups is 2. The maximum Gasteiger partial charge on any atom is 0.418 e. The minimum Gasteiger partial charge on any atom is -0.507 e. The van der Waals surface area contributed by atoms with Gasteiger partial charge in [0, 0.05) is 67.5 Å². The number of phenols is 1. The van der Waals surface area contributed by atoms with Crippen LogP contribution in [0.3, 0.4) is 0 Å². The molecule has 22 heteroatoms. The Kier molecular flexibility index (Phi) is 16.9. The third-order valence-corrected chi connectivity index (χ3v) is 14.1. The van der Waals surface area contributed by atoms with Crippen molar-refractivity contribution in [1.82, 2.24) is 15.7 Å². The van der Waals surface area contributed by atoms with Gasteiger partial charge in [-0.2, -0.15) is 13.2 Å². The molecular formula is C54H60F3N5O14. The van der Waals surface area contributed by atoms with Gasteiger partial charge in [0.05, 0.1) is 71.4 Å². The van der Waals surface area contributed by atoms with Crippen molar-refractivity contribution < 1.29 is 81.4 Å². The van der Waals surface area contributed by atoms with Crippen LogP contribution in [0.15, 0.2) is 101 Å². The van der Waals surface area contributed by atoms with E-state index in [9.17, 15) is 57.7 Å². The number of Topliss-reactive ketones (excluding diaryl/α,β-unsaturated/α-hetero) is 3. The summed E-state index contributed by atoms with van der Waals surface area (Å²) in [6.45, 7) is 10.9. The maximum absolute atomic E-state index is 14.8. The number of aliphatic imine (C=N–C) groups is 1. The number of hydrogen-bond donors (Lipinski definition) is 7. The first kappa shape index (κ1) is 56.4. The van der Waals surface area contributed by atoms with Crippen molar-refractivity contribution in [3.05, 3.63) is 129 Å². The Morgan fingerprint density at radius 1 is 0.908 bits per heavy atom. The number of alkyl halides is 3. The zero-order valence-corrected chi connectivity index (χ0v) is 42.9. The van der Waals surface area contributed by atoms with Gasteiger partial charge in [-0.25, -0.2) is 9.79 Å². The molecule has 4 aliphatic heterocycles. The molecule has 9 atom stereocenters. The molecule has 5 bridgehead atoms. The predicted molar refractivity (Wildman–Crippen MR) is 268 cm³/mol. The number of para-hydroxylation sites is 1. The van der Waals surface area contributed by atoms with Gasteiger partial charge < -0.3 is 49.2 Å². The zero-order valence-electron chi connectivity index (χ0n) is 42.9. The summed E-state index contributed by atoms with van der Waals surface area (Å²) in [7, 11) is 1.29. The SMILES string of the molecule is CO[C@H]1/C=C/O[C@@]2(C)Oc3c(C)c(O)c4c(c3C2=O)C(=O)C(N2CCOCC2)=C(NC(=O)/C(C)=C\C=C\[C@H](C)[C@H](O)[C@@H](C)[C@@H](O)[C@@H](C)[C@H](OC(=O)Nc2ccc(C(=Nc3ccccc3)NO)cc2C(F)(F)F)[C@@H]1C)C4=O. The molecule has 3 aromatic rings. The smallest absolute Gasteiger partial charge is 0.418 e. The Morgan fingerprint density at radius 3 is 2.24 bits per heavy atom. The fourth-order valence-corrected chi connectivity index (χ4v) is 9.66. The van der Waals surface area contributed by atoms with Gasteiger partial charge in [-0.1, -0.05) is 64.1 Å². The lowest BCUT2D eigenvalue weighted by molar-refractivity contribution is -0.137. The van der Waals surface area contributed by atoms with Gasteiger partial charge in [0.1, 0.15) is 29.0 Å². The number of methoxy groups -OCH3 is 1. The molecule has 1 saturated heterocycles. The molecule has 4 heterocycles. The van der Waals surface area contributed by atoms with Gasteiger partial charge in [-0.3, -0.25) is 35.2 Å². The van der Waals surface area contributed by atoms with E-state index < -0.39 is 123 Å². The number of nitrogens with one attached hydrogen (secondary N) is 3. The highest BCUT2D eigenvalue weighted by Crippen LogP contribution is 2.49. The van der Waals surface area contributed by atoms with Crippen molar-refractivity contribution in [2.45, 2.75) is 84.8 Å². The van der Waals surface area contributed by atoms with Crippen LogP contribution in [0.2, 0.25) is 0 Å². The number of aliphatic hydroxyl groups excluding tert-OH is 2. The van der Waals surface area contributed by atoms with Crippen molar-refractivity contribution in [2.24, 2.45) is 28.7 Å². The van der Waals surface area contributed by atoms with E-state index >= 15 is 0 Å². The number of hydrogen-bond acceptors (Lipinski definition) is 16. The standard InChI is InChI=1S/C54H60F3N5O14/c1-26-13-12-14-27(2)51(69)60-40-41(62-20-23-73-24-21-62)46(67)37-38(45(40)66)44(65)31(6)48-39(37)49(68)53(7,76-48)74-22-19-36(72-8)28(3)47(30(5)43(64)29(4)42(26)63)75-52(70)59-35-18-17-32(25-34(35)54(55,56)57)50(61-71)58-33-15-10-9-11-16-33/h9-19,22,25-26,28-30,36,42-43,47,63-65,71H,20-21,23-24H2,1-8H3,(H,58,61)(H,59,70)(H,60,69)/b13-12+,22-19+,27-14-/t26-,28+,29+,30+,36-,42-,43+,47+,53-/m0/s1. The second kappa shape index (κ2) is 22.8. The number of anilines is 1.